The van der Waals surface area contributed by atoms with Gasteiger partial charge in [0.05, 0.1) is 12.7 Å². The maximum atomic E-state index is 11.3. The average Bonchev–Trinajstić information content (AvgIpc) is 2.59. The van der Waals surface area contributed by atoms with Crippen molar-refractivity contribution in [1.82, 2.24) is 0 Å². The molecule has 0 spiro atoms. The number of hydrogen-bond donors (Lipinski definition) is 0. The average molecular weight is 188 g/mol. The van der Waals surface area contributed by atoms with Crippen molar-refractivity contribution in [2.24, 2.45) is 0 Å². The summed E-state index contributed by atoms with van der Waals surface area (Å²) in [6.07, 6.45) is 1.43. The monoisotopic (exact) mass is 188 g/mol. The lowest BCUT2D eigenvalue weighted by molar-refractivity contribution is -0.118. The zero-order valence-corrected chi connectivity index (χ0v) is 7.90. The first-order valence-electron chi connectivity index (χ1n) is 5.06. The van der Waals surface area contributed by atoms with Crippen LogP contribution in [0.1, 0.15) is 29.9 Å². The number of benzene rings is 1. The normalized spacial score (nSPS) is 29.9. The molecular weight excluding hydrogens is 176 g/mol. The summed E-state index contributed by atoms with van der Waals surface area (Å²) in [5.41, 5.74) is 2.58. The van der Waals surface area contributed by atoms with Gasteiger partial charge in [0.15, 0.2) is 0 Å². The Morgan fingerprint density at radius 2 is 2.07 bits per heavy atom. The van der Waals surface area contributed by atoms with E-state index < -0.39 is 0 Å². The van der Waals surface area contributed by atoms with E-state index >= 15 is 0 Å². The van der Waals surface area contributed by atoms with Crippen LogP contribution in [0.4, 0.5) is 0 Å². The number of ketones is 1. The first-order chi connectivity index (χ1) is 6.84. The van der Waals surface area contributed by atoms with Crippen molar-refractivity contribution in [3.63, 3.8) is 0 Å². The Morgan fingerprint density at radius 1 is 1.21 bits per heavy atom. The van der Waals surface area contributed by atoms with Gasteiger partial charge < -0.3 is 4.74 Å². The lowest BCUT2D eigenvalue weighted by Gasteiger charge is -2.27. The van der Waals surface area contributed by atoms with Gasteiger partial charge in [-0.2, -0.15) is 0 Å². The maximum Gasteiger partial charge on any atom is 0.136 e. The van der Waals surface area contributed by atoms with E-state index in [0.29, 0.717) is 31.1 Å². The van der Waals surface area contributed by atoms with Crippen LogP contribution in [-0.2, 0) is 16.1 Å². The van der Waals surface area contributed by atoms with Crippen LogP contribution in [0.25, 0.3) is 0 Å². The van der Waals surface area contributed by atoms with Crippen molar-refractivity contribution in [1.29, 1.82) is 0 Å². The molecule has 1 aromatic carbocycles. The molecule has 14 heavy (non-hydrogen) atoms. The smallest absolute Gasteiger partial charge is 0.136 e. The summed E-state index contributed by atoms with van der Waals surface area (Å²) in [7, 11) is 0. The Bertz CT molecular complexity index is 384. The van der Waals surface area contributed by atoms with Gasteiger partial charge in [-0.3, -0.25) is 4.79 Å². The molecule has 2 heteroatoms. The van der Waals surface area contributed by atoms with Crippen molar-refractivity contribution in [2.45, 2.75) is 31.5 Å². The van der Waals surface area contributed by atoms with Gasteiger partial charge in [0.2, 0.25) is 0 Å². The molecule has 1 saturated carbocycles. The Balaban J connectivity index is 2.05. The SMILES string of the molecule is O=C1C[C@@H]2c3ccccc3CO[C@@H]2C1. The van der Waals surface area contributed by atoms with Gasteiger partial charge >= 0.3 is 0 Å². The van der Waals surface area contributed by atoms with E-state index in [1.54, 1.807) is 0 Å². The summed E-state index contributed by atoms with van der Waals surface area (Å²) in [4.78, 5) is 11.3. The number of Topliss-reactive ketones (excluding diaryl/α,β-unsaturated/α-hetero) is 1. The van der Waals surface area contributed by atoms with Crippen LogP contribution in [0.5, 0.6) is 0 Å². The first kappa shape index (κ1) is 8.18. The molecule has 0 radical (unpaired) electrons. The van der Waals surface area contributed by atoms with Crippen molar-refractivity contribution < 1.29 is 9.53 Å². The standard InChI is InChI=1S/C12H12O2/c13-9-5-11-10-4-2-1-3-8(10)7-14-12(11)6-9/h1-4,11-12H,5-7H2/t11-,12-/m1/s1. The molecule has 1 fully saturated rings. The summed E-state index contributed by atoms with van der Waals surface area (Å²) in [5, 5.41) is 0. The van der Waals surface area contributed by atoms with E-state index in [9.17, 15) is 4.79 Å². The quantitative estimate of drug-likeness (QED) is 0.622. The second kappa shape index (κ2) is 2.92. The minimum Gasteiger partial charge on any atom is -0.372 e. The van der Waals surface area contributed by atoms with Gasteiger partial charge in [-0.1, -0.05) is 24.3 Å². The number of hydrogen-bond acceptors (Lipinski definition) is 2. The van der Waals surface area contributed by atoms with E-state index in [1.165, 1.54) is 11.1 Å². The summed E-state index contributed by atoms with van der Waals surface area (Å²) in [5.74, 6) is 0.671. The molecule has 0 aromatic heterocycles. The number of fused-ring (bicyclic) bond motifs is 3. The van der Waals surface area contributed by atoms with Crippen molar-refractivity contribution in [3.8, 4) is 0 Å². The molecule has 2 atom stereocenters. The topological polar surface area (TPSA) is 26.3 Å². The van der Waals surface area contributed by atoms with Crippen LogP contribution in [0, 0.1) is 0 Å². The molecule has 0 unspecified atom stereocenters. The molecule has 0 amide bonds. The molecule has 2 nitrogen and oxygen atoms in total. The predicted molar refractivity (Wildman–Crippen MR) is 52.0 cm³/mol. The van der Waals surface area contributed by atoms with Gasteiger partial charge in [-0.15, -0.1) is 0 Å². The highest BCUT2D eigenvalue weighted by Gasteiger charge is 2.38. The predicted octanol–water partition coefficient (Wildman–Crippen LogP) is 2.03. The summed E-state index contributed by atoms with van der Waals surface area (Å²) >= 11 is 0. The minimum atomic E-state index is 0.150. The fourth-order valence-corrected chi connectivity index (χ4v) is 2.54. The van der Waals surface area contributed by atoms with E-state index in [4.69, 9.17) is 4.74 Å². The van der Waals surface area contributed by atoms with Crippen LogP contribution < -0.4 is 0 Å². The highest BCUT2D eigenvalue weighted by atomic mass is 16.5. The fourth-order valence-electron chi connectivity index (χ4n) is 2.54. The highest BCUT2D eigenvalue weighted by Crippen LogP contribution is 2.40. The molecule has 1 aromatic rings. The third-order valence-corrected chi connectivity index (χ3v) is 3.23. The number of ether oxygens (including phenoxy) is 1. The summed E-state index contributed by atoms with van der Waals surface area (Å²) in [6.45, 7) is 0.671. The van der Waals surface area contributed by atoms with E-state index in [2.05, 4.69) is 12.1 Å². The van der Waals surface area contributed by atoms with Gasteiger partial charge in [-0.05, 0) is 11.1 Å². The molecule has 1 heterocycles. The van der Waals surface area contributed by atoms with Crippen molar-refractivity contribution >= 4 is 5.78 Å². The molecule has 72 valence electrons. The molecular formula is C12H12O2. The minimum absolute atomic E-state index is 0.150. The molecule has 2 aliphatic rings. The highest BCUT2D eigenvalue weighted by molar-refractivity contribution is 5.83. The lowest BCUT2D eigenvalue weighted by Crippen LogP contribution is -2.23. The molecule has 0 bridgehead atoms. The lowest BCUT2D eigenvalue weighted by atomic mass is 9.89. The Morgan fingerprint density at radius 3 is 3.00 bits per heavy atom. The van der Waals surface area contributed by atoms with Gasteiger partial charge in [0.25, 0.3) is 0 Å². The number of carbonyl (C=O) groups is 1. The molecule has 0 saturated heterocycles. The van der Waals surface area contributed by atoms with Gasteiger partial charge in [-0.25, -0.2) is 0 Å². The van der Waals surface area contributed by atoms with E-state index in [0.717, 1.165) is 0 Å². The second-order valence-electron chi connectivity index (χ2n) is 4.10. The number of carbonyl (C=O) groups excluding carboxylic acids is 1. The third-order valence-electron chi connectivity index (χ3n) is 3.23. The first-order valence-corrected chi connectivity index (χ1v) is 5.06. The Kier molecular flexibility index (Phi) is 1.71. The van der Waals surface area contributed by atoms with Crippen LogP contribution >= 0.6 is 0 Å². The van der Waals surface area contributed by atoms with Crippen LogP contribution in [0.3, 0.4) is 0 Å². The largest absolute Gasteiger partial charge is 0.372 e. The Hall–Kier alpha value is -1.15. The molecule has 3 rings (SSSR count). The molecule has 1 aliphatic carbocycles. The zero-order valence-electron chi connectivity index (χ0n) is 7.90. The summed E-state index contributed by atoms with van der Waals surface area (Å²) in [6, 6.07) is 8.30. The van der Waals surface area contributed by atoms with Gasteiger partial charge in [0.1, 0.15) is 5.78 Å². The Labute approximate surface area is 82.9 Å². The number of rotatable bonds is 0. The molecule has 0 N–H and O–H groups in total. The van der Waals surface area contributed by atoms with Crippen LogP contribution in [0.2, 0.25) is 0 Å². The van der Waals surface area contributed by atoms with Crippen molar-refractivity contribution in [2.75, 3.05) is 0 Å². The molecule has 1 aliphatic heterocycles. The fraction of sp³-hybridized carbons (Fsp3) is 0.417. The van der Waals surface area contributed by atoms with E-state index in [-0.39, 0.29) is 6.10 Å². The second-order valence-corrected chi connectivity index (χ2v) is 4.10. The maximum absolute atomic E-state index is 11.3. The van der Waals surface area contributed by atoms with Crippen molar-refractivity contribution in [3.05, 3.63) is 35.4 Å². The zero-order chi connectivity index (χ0) is 9.54. The van der Waals surface area contributed by atoms with Crippen LogP contribution in [-0.4, -0.2) is 11.9 Å². The van der Waals surface area contributed by atoms with Crippen LogP contribution in [0.15, 0.2) is 24.3 Å². The van der Waals surface area contributed by atoms with Gasteiger partial charge in [0, 0.05) is 18.8 Å². The third kappa shape index (κ3) is 1.11. The summed E-state index contributed by atoms with van der Waals surface area (Å²) < 4.78 is 5.68. The van der Waals surface area contributed by atoms with E-state index in [1.807, 2.05) is 12.1 Å².